The fraction of sp³-hybridized carbons (Fsp3) is 1.00. The first-order chi connectivity index (χ1) is 39.5. The van der Waals surface area contributed by atoms with E-state index in [2.05, 4.69) is 262 Å². The predicted molar refractivity (Wildman–Crippen MR) is 422 cm³/mol. The van der Waals surface area contributed by atoms with E-state index in [-0.39, 0.29) is 0 Å². The first-order valence-corrected chi connectivity index (χ1v) is 91.3. The molecule has 0 aliphatic carbocycles. The lowest BCUT2D eigenvalue weighted by molar-refractivity contribution is 0.0722. The Morgan fingerprint density at radius 1 is 0.187 bits per heavy atom. The van der Waals surface area contributed by atoms with Gasteiger partial charge in [-0.15, -0.1) is 0 Å². The fourth-order valence-electron chi connectivity index (χ4n) is 13.2. The third kappa shape index (κ3) is 42.8. The van der Waals surface area contributed by atoms with Gasteiger partial charge in [-0.1, -0.05) is 0 Å². The molecular formula is C48H140O22Si21. The van der Waals surface area contributed by atoms with Crippen LogP contribution in [0.4, 0.5) is 0 Å². The minimum absolute atomic E-state index is 0.543. The maximum atomic E-state index is 6.97. The van der Waals surface area contributed by atoms with Crippen molar-refractivity contribution in [1.82, 2.24) is 0 Å². The van der Waals surface area contributed by atoms with E-state index < -0.39 is 180 Å². The molecule has 0 saturated heterocycles. The standard InChI is InChI=1S/C48H140O22Si21/c1-44-49-91(50-45-2,51-46-3)48-47-72(6,7)53-74(10,11)55-76(14,15)57-78(18,19)59-80(22,23)61-82(26,27)63-84(30,31)65-86(34,35)67-88(38,39)69-90(42,43)70-89(40,41)68-87(36,37)66-85(32,33)64-83(28,29)62-81(24,25)60-79(20,21)58-77(16,17)56-75(12,13)54-73(8,9)52-71(4)5/h71H,44-48H2,1-43H3. The quantitative estimate of drug-likeness (QED) is 0.0520. The van der Waals surface area contributed by atoms with E-state index in [0.717, 1.165) is 6.04 Å². The highest BCUT2D eigenvalue weighted by atomic mass is 28.6. The van der Waals surface area contributed by atoms with Gasteiger partial charge in [0.1, 0.15) is 0 Å². The molecule has 0 aliphatic heterocycles. The summed E-state index contributed by atoms with van der Waals surface area (Å²) in [6.07, 6.45) is 0. The lowest BCUT2D eigenvalue weighted by Gasteiger charge is -2.45. The molecule has 0 bridgehead atoms. The van der Waals surface area contributed by atoms with Crippen LogP contribution in [0, 0.1) is 0 Å². The Hall–Kier alpha value is 3.67. The number of rotatable bonds is 47. The molecule has 91 heavy (non-hydrogen) atoms. The van der Waals surface area contributed by atoms with Gasteiger partial charge in [-0.3, -0.25) is 0 Å². The molecule has 0 aromatic carbocycles. The molecule has 0 aromatic heterocycles. The van der Waals surface area contributed by atoms with Gasteiger partial charge in [-0.25, -0.2) is 0 Å². The molecule has 0 radical (unpaired) electrons. The van der Waals surface area contributed by atoms with E-state index in [1.807, 2.05) is 20.8 Å². The van der Waals surface area contributed by atoms with Gasteiger partial charge in [0, 0.05) is 25.9 Å². The molecule has 0 aliphatic rings. The Morgan fingerprint density at radius 2 is 0.319 bits per heavy atom. The second-order valence-electron chi connectivity index (χ2n) is 32.4. The first-order valence-electron chi connectivity index (χ1n) is 32.7. The van der Waals surface area contributed by atoms with Crippen molar-refractivity contribution in [3.63, 3.8) is 0 Å². The summed E-state index contributed by atoms with van der Waals surface area (Å²) in [5.41, 5.74) is 0. The van der Waals surface area contributed by atoms with Gasteiger partial charge in [0.05, 0.1) is 0 Å². The Bertz CT molecular complexity index is 2210. The SMILES string of the molecule is CCO[Si](CC[Si](C)(C)O[Si](C)(C)O[Si](C)(C)O[Si](C)(C)O[Si](C)(C)O[Si](C)(C)O[Si](C)(C)O[Si](C)(C)O[Si](C)(C)O[Si](C)(C)O[Si](C)(C)O[Si](C)(C)O[Si](C)(C)O[Si](C)(C)O[Si](C)(C)O[Si](C)(C)O[Si](C)(C)O[Si](C)(C)O[Si](C)(C)O[SiH](C)C)(OCC)OCC. The lowest BCUT2D eigenvalue weighted by atomic mass is 10.9. The normalized spacial score (nSPS) is 15.8. The molecule has 0 amide bonds. The van der Waals surface area contributed by atoms with E-state index >= 15 is 0 Å². The van der Waals surface area contributed by atoms with Gasteiger partial charge in [0.25, 0.3) is 0 Å². The minimum Gasteiger partial charge on any atom is -0.440 e. The van der Waals surface area contributed by atoms with E-state index in [0.29, 0.717) is 25.9 Å². The molecule has 43 heteroatoms. The highest BCUT2D eigenvalue weighted by molar-refractivity contribution is 6.96. The van der Waals surface area contributed by atoms with Gasteiger partial charge in [0.2, 0.25) is 0 Å². The van der Waals surface area contributed by atoms with Crippen LogP contribution in [-0.4, -0.2) is 200 Å². The third-order valence-electron chi connectivity index (χ3n) is 11.5. The monoisotopic (exact) mass is 1660 g/mol. The maximum Gasteiger partial charge on any atom is 0.500 e. The summed E-state index contributed by atoms with van der Waals surface area (Å²) >= 11 is 0. The molecule has 0 heterocycles. The Kier molecular flexibility index (Phi) is 35.4. The zero-order chi connectivity index (χ0) is 72.7. The van der Waals surface area contributed by atoms with Crippen LogP contribution in [0.15, 0.2) is 0 Å². The average Bonchev–Trinajstić information content (AvgIpc) is 0.867. The van der Waals surface area contributed by atoms with Gasteiger partial charge in [0.15, 0.2) is 17.4 Å². The van der Waals surface area contributed by atoms with Gasteiger partial charge in [-0.05, 0) is 289 Å². The smallest absolute Gasteiger partial charge is 0.440 e. The summed E-state index contributed by atoms with van der Waals surface area (Å²) in [6, 6.07) is 1.54. The van der Waals surface area contributed by atoms with Gasteiger partial charge >= 0.3 is 163 Å². The lowest BCUT2D eigenvalue weighted by Crippen LogP contribution is -2.63. The first kappa shape index (κ1) is 94.7. The minimum atomic E-state index is -2.88. The Balaban J connectivity index is 5.86. The van der Waals surface area contributed by atoms with Crippen molar-refractivity contribution >= 4 is 180 Å². The number of hydrogen-bond acceptors (Lipinski definition) is 22. The van der Waals surface area contributed by atoms with Crippen molar-refractivity contribution in [3.8, 4) is 0 Å². The van der Waals surface area contributed by atoms with Crippen LogP contribution >= 0.6 is 0 Å². The Morgan fingerprint density at radius 3 is 0.451 bits per heavy atom. The van der Waals surface area contributed by atoms with Crippen molar-refractivity contribution in [2.75, 3.05) is 19.8 Å². The molecule has 22 nitrogen and oxygen atoms in total. The molecule has 0 spiro atoms. The van der Waals surface area contributed by atoms with Crippen molar-refractivity contribution in [2.45, 2.75) is 295 Å². The molecule has 0 saturated carbocycles. The van der Waals surface area contributed by atoms with Crippen LogP contribution < -0.4 is 0 Å². The zero-order valence-electron chi connectivity index (χ0n) is 66.1. The van der Waals surface area contributed by atoms with Gasteiger partial charge < -0.3 is 91.5 Å². The van der Waals surface area contributed by atoms with Crippen molar-refractivity contribution < 1.29 is 91.5 Å². The second kappa shape index (κ2) is 34.1. The van der Waals surface area contributed by atoms with Crippen LogP contribution in [0.1, 0.15) is 20.8 Å². The summed E-state index contributed by atoms with van der Waals surface area (Å²) in [7, 11) is -56.4. The van der Waals surface area contributed by atoms with Crippen molar-refractivity contribution in [2.24, 2.45) is 0 Å². The molecule has 0 rings (SSSR count). The summed E-state index contributed by atoms with van der Waals surface area (Å²) in [4.78, 5) is 0. The highest BCUT2D eigenvalue weighted by Gasteiger charge is 2.55. The summed E-state index contributed by atoms with van der Waals surface area (Å²) in [5.74, 6) is 0. The van der Waals surface area contributed by atoms with Crippen LogP contribution in [-0.2, 0) is 91.5 Å². The predicted octanol–water partition coefficient (Wildman–Crippen LogP) is 16.2. The van der Waals surface area contributed by atoms with Gasteiger partial charge in [-0.2, -0.15) is 0 Å². The molecule has 548 valence electrons. The van der Waals surface area contributed by atoms with E-state index in [9.17, 15) is 0 Å². The van der Waals surface area contributed by atoms with Crippen molar-refractivity contribution in [1.29, 1.82) is 0 Å². The van der Waals surface area contributed by atoms with E-state index in [1.165, 1.54) is 0 Å². The molecule has 0 fully saturated rings. The second-order valence-corrected chi connectivity index (χ2v) is 107. The third-order valence-corrected chi connectivity index (χ3v) is 91.7. The van der Waals surface area contributed by atoms with Crippen LogP contribution in [0.3, 0.4) is 0 Å². The van der Waals surface area contributed by atoms with Crippen LogP contribution in [0.25, 0.3) is 0 Å². The summed E-state index contributed by atoms with van der Waals surface area (Å²) in [5, 5.41) is 0. The van der Waals surface area contributed by atoms with E-state index in [1.54, 1.807) is 0 Å². The summed E-state index contributed by atoms with van der Waals surface area (Å²) in [6.45, 7) is 90.8. The zero-order valence-corrected chi connectivity index (χ0v) is 87.2. The highest BCUT2D eigenvalue weighted by Crippen LogP contribution is 2.36. The summed E-state index contributed by atoms with van der Waals surface area (Å²) < 4.78 is 149. The largest absolute Gasteiger partial charge is 0.500 e. The Labute approximate surface area is 581 Å². The van der Waals surface area contributed by atoms with Crippen molar-refractivity contribution in [3.05, 3.63) is 0 Å². The topological polar surface area (TPSA) is 203 Å². The maximum absolute atomic E-state index is 6.97. The average molecular weight is 1660 g/mol. The fourth-order valence-corrected chi connectivity index (χ4v) is 119. The molecule has 0 unspecified atom stereocenters. The molecule has 0 atom stereocenters. The van der Waals surface area contributed by atoms with E-state index in [4.69, 9.17) is 91.5 Å². The number of hydrogen-bond donors (Lipinski definition) is 0. The molecule has 0 N–H and O–H groups in total. The molecular weight excluding hydrogens is 1520 g/mol. The van der Waals surface area contributed by atoms with Crippen LogP contribution in [0.5, 0.6) is 0 Å². The van der Waals surface area contributed by atoms with Crippen LogP contribution in [0.2, 0.25) is 274 Å². The molecule has 0 aromatic rings.